The largest absolute Gasteiger partial charge is 0.383 e. The molecule has 6 nitrogen and oxygen atoms in total. The fraction of sp³-hybridized carbons (Fsp3) is 0.318. The average molecular weight is 464 g/mol. The number of ether oxygens (including phenoxy) is 1. The second-order valence-electron chi connectivity index (χ2n) is 6.83. The molecule has 3 aromatic rings. The average Bonchev–Trinajstić information content (AvgIpc) is 2.75. The van der Waals surface area contributed by atoms with E-state index in [0.717, 1.165) is 5.56 Å². The van der Waals surface area contributed by atoms with Gasteiger partial charge in [-0.1, -0.05) is 35.5 Å². The van der Waals surface area contributed by atoms with Crippen LogP contribution in [-0.2, 0) is 22.6 Å². The first kappa shape index (κ1) is 23.2. The van der Waals surface area contributed by atoms with Gasteiger partial charge < -0.3 is 9.64 Å². The van der Waals surface area contributed by atoms with Crippen LogP contribution >= 0.6 is 23.4 Å². The zero-order chi connectivity index (χ0) is 22.4. The van der Waals surface area contributed by atoms with Crippen LogP contribution in [0.25, 0.3) is 10.9 Å². The van der Waals surface area contributed by atoms with Gasteiger partial charge in [0, 0.05) is 25.2 Å². The van der Waals surface area contributed by atoms with E-state index >= 15 is 0 Å². The van der Waals surface area contributed by atoms with Crippen LogP contribution in [0.5, 0.6) is 0 Å². The zero-order valence-electron chi connectivity index (χ0n) is 17.3. The van der Waals surface area contributed by atoms with Crippen LogP contribution in [0.4, 0.5) is 4.39 Å². The molecule has 1 aromatic heterocycles. The summed E-state index contributed by atoms with van der Waals surface area (Å²) >= 11 is 7.25. The Balaban J connectivity index is 1.82. The molecule has 0 spiro atoms. The van der Waals surface area contributed by atoms with Gasteiger partial charge in [-0.3, -0.25) is 14.2 Å². The summed E-state index contributed by atoms with van der Waals surface area (Å²) in [5, 5.41) is 1.36. The van der Waals surface area contributed by atoms with Gasteiger partial charge in [0.2, 0.25) is 5.91 Å². The van der Waals surface area contributed by atoms with E-state index in [1.54, 1.807) is 42.3 Å². The number of hydrogen-bond donors (Lipinski definition) is 0. The summed E-state index contributed by atoms with van der Waals surface area (Å²) < 4.78 is 20.1. The van der Waals surface area contributed by atoms with E-state index in [4.69, 9.17) is 16.3 Å². The van der Waals surface area contributed by atoms with Crippen molar-refractivity contribution in [3.05, 3.63) is 69.2 Å². The van der Waals surface area contributed by atoms with Crippen molar-refractivity contribution in [2.75, 3.05) is 26.0 Å². The van der Waals surface area contributed by atoms with E-state index in [0.29, 0.717) is 47.3 Å². The Morgan fingerprint density at radius 1 is 1.29 bits per heavy atom. The molecule has 0 saturated carbocycles. The monoisotopic (exact) mass is 463 g/mol. The number of thioether (sulfide) groups is 1. The number of hydrogen-bond acceptors (Lipinski definition) is 5. The minimum Gasteiger partial charge on any atom is -0.383 e. The number of carbonyl (C=O) groups is 1. The second kappa shape index (κ2) is 10.7. The van der Waals surface area contributed by atoms with Gasteiger partial charge in [-0.15, -0.1) is 0 Å². The number of amides is 1. The number of aromatic nitrogens is 2. The summed E-state index contributed by atoms with van der Waals surface area (Å²) in [6, 6.07) is 11.1. The number of carbonyl (C=O) groups excluding carboxylic acids is 1. The third-order valence-electron chi connectivity index (χ3n) is 4.72. The second-order valence-corrected chi connectivity index (χ2v) is 8.21. The molecule has 1 heterocycles. The van der Waals surface area contributed by atoms with E-state index in [1.165, 1.54) is 28.5 Å². The standard InChI is InChI=1S/C22H23ClFN3O3S/c1-3-26(13-15-5-4-6-17(24)11-15)20(28)14-31-22-25-19-12-16(23)7-8-18(19)21(29)27(22)9-10-30-2/h4-8,11-12H,3,9-10,13-14H2,1-2H3. The number of nitrogens with zero attached hydrogens (tertiary/aromatic N) is 3. The molecule has 9 heteroatoms. The number of rotatable bonds is 9. The van der Waals surface area contributed by atoms with Crippen molar-refractivity contribution in [2.24, 2.45) is 0 Å². The molecule has 0 unspecified atom stereocenters. The molecule has 164 valence electrons. The Morgan fingerprint density at radius 3 is 2.81 bits per heavy atom. The van der Waals surface area contributed by atoms with Crippen molar-refractivity contribution < 1.29 is 13.9 Å². The maximum Gasteiger partial charge on any atom is 0.262 e. The molecule has 0 saturated heterocycles. The quantitative estimate of drug-likeness (QED) is 0.355. The number of fused-ring (bicyclic) bond motifs is 1. The lowest BCUT2D eigenvalue weighted by Gasteiger charge is -2.21. The van der Waals surface area contributed by atoms with Crippen LogP contribution in [0.2, 0.25) is 5.02 Å². The molecule has 0 aliphatic rings. The van der Waals surface area contributed by atoms with Gasteiger partial charge in [0.1, 0.15) is 5.82 Å². The van der Waals surface area contributed by atoms with Crippen molar-refractivity contribution in [2.45, 2.75) is 25.2 Å². The molecule has 0 aliphatic carbocycles. The Labute approximate surface area is 189 Å². The zero-order valence-corrected chi connectivity index (χ0v) is 18.9. The molecule has 31 heavy (non-hydrogen) atoms. The van der Waals surface area contributed by atoms with E-state index in [9.17, 15) is 14.0 Å². The Kier molecular flexibility index (Phi) is 8.06. The predicted molar refractivity (Wildman–Crippen MR) is 121 cm³/mol. The lowest BCUT2D eigenvalue weighted by molar-refractivity contribution is -0.128. The lowest BCUT2D eigenvalue weighted by Crippen LogP contribution is -2.32. The predicted octanol–water partition coefficient (Wildman–Crippen LogP) is 3.98. The minimum absolute atomic E-state index is 0.0919. The summed E-state index contributed by atoms with van der Waals surface area (Å²) in [4.78, 5) is 32.0. The van der Waals surface area contributed by atoms with Crippen LogP contribution in [0.15, 0.2) is 52.4 Å². The Hall–Kier alpha value is -2.42. The van der Waals surface area contributed by atoms with Crippen molar-refractivity contribution in [3.8, 4) is 0 Å². The van der Waals surface area contributed by atoms with E-state index in [1.807, 2.05) is 6.92 Å². The molecule has 0 atom stereocenters. The SMILES string of the molecule is CCN(Cc1cccc(F)c1)C(=O)CSc1nc2cc(Cl)ccc2c(=O)n1CCOC. The molecular formula is C22H23ClFN3O3S. The Morgan fingerprint density at radius 2 is 2.10 bits per heavy atom. The van der Waals surface area contributed by atoms with Crippen molar-refractivity contribution in [3.63, 3.8) is 0 Å². The first-order valence-corrected chi connectivity index (χ1v) is 11.1. The van der Waals surface area contributed by atoms with E-state index in [2.05, 4.69) is 4.98 Å². The maximum atomic E-state index is 13.5. The topological polar surface area (TPSA) is 64.4 Å². The number of halogens is 2. The van der Waals surface area contributed by atoms with Gasteiger partial charge in [0.15, 0.2) is 5.16 Å². The Bertz CT molecular complexity index is 1140. The molecule has 0 N–H and O–H groups in total. The van der Waals surface area contributed by atoms with Crippen LogP contribution in [0.1, 0.15) is 12.5 Å². The first-order valence-electron chi connectivity index (χ1n) is 9.77. The lowest BCUT2D eigenvalue weighted by atomic mass is 10.2. The summed E-state index contributed by atoms with van der Waals surface area (Å²) in [5.41, 5.74) is 0.990. The van der Waals surface area contributed by atoms with Crippen molar-refractivity contribution in [1.29, 1.82) is 0 Å². The highest BCUT2D eigenvalue weighted by atomic mass is 35.5. The molecule has 2 aromatic carbocycles. The van der Waals surface area contributed by atoms with Crippen LogP contribution in [-0.4, -0.2) is 46.4 Å². The molecule has 0 aliphatic heterocycles. The van der Waals surface area contributed by atoms with Gasteiger partial charge >= 0.3 is 0 Å². The summed E-state index contributed by atoms with van der Waals surface area (Å²) in [6.07, 6.45) is 0. The van der Waals surface area contributed by atoms with E-state index < -0.39 is 0 Å². The normalized spacial score (nSPS) is 11.1. The van der Waals surface area contributed by atoms with Crippen LogP contribution < -0.4 is 5.56 Å². The minimum atomic E-state index is -0.337. The molecule has 0 bridgehead atoms. The van der Waals surface area contributed by atoms with Crippen LogP contribution in [0.3, 0.4) is 0 Å². The van der Waals surface area contributed by atoms with Gasteiger partial charge in [0.25, 0.3) is 5.56 Å². The molecule has 0 radical (unpaired) electrons. The molecular weight excluding hydrogens is 441 g/mol. The van der Waals surface area contributed by atoms with Gasteiger partial charge in [-0.25, -0.2) is 9.37 Å². The fourth-order valence-corrected chi connectivity index (χ4v) is 4.21. The van der Waals surface area contributed by atoms with Gasteiger partial charge in [0.05, 0.1) is 29.8 Å². The maximum absolute atomic E-state index is 13.5. The van der Waals surface area contributed by atoms with E-state index in [-0.39, 0.29) is 23.0 Å². The molecule has 1 amide bonds. The summed E-state index contributed by atoms with van der Waals surface area (Å²) in [6.45, 7) is 3.31. The summed E-state index contributed by atoms with van der Waals surface area (Å²) in [5.74, 6) is -0.374. The van der Waals surface area contributed by atoms with Crippen molar-refractivity contribution >= 4 is 40.2 Å². The third-order valence-corrected chi connectivity index (χ3v) is 5.92. The fourth-order valence-electron chi connectivity index (χ4n) is 3.11. The van der Waals surface area contributed by atoms with Crippen molar-refractivity contribution in [1.82, 2.24) is 14.5 Å². The first-order chi connectivity index (χ1) is 14.9. The highest BCUT2D eigenvalue weighted by molar-refractivity contribution is 7.99. The van der Waals surface area contributed by atoms with Gasteiger partial charge in [-0.2, -0.15) is 0 Å². The van der Waals surface area contributed by atoms with Gasteiger partial charge in [-0.05, 0) is 42.8 Å². The third kappa shape index (κ3) is 5.84. The van der Waals surface area contributed by atoms with Crippen LogP contribution in [0, 0.1) is 5.82 Å². The number of benzene rings is 2. The molecule has 3 rings (SSSR count). The summed E-state index contributed by atoms with van der Waals surface area (Å²) in [7, 11) is 1.56. The molecule has 0 fully saturated rings. The highest BCUT2D eigenvalue weighted by Crippen LogP contribution is 2.21. The highest BCUT2D eigenvalue weighted by Gasteiger charge is 2.17. The number of methoxy groups -OCH3 is 1. The smallest absolute Gasteiger partial charge is 0.262 e.